The summed E-state index contributed by atoms with van der Waals surface area (Å²) in [5.74, 6) is 1.49. The molecule has 0 unspecified atom stereocenters. The third-order valence-corrected chi connectivity index (χ3v) is 13.3. The van der Waals surface area contributed by atoms with E-state index >= 15 is 0 Å². The van der Waals surface area contributed by atoms with Crippen LogP contribution >= 0.6 is 12.6 Å². The van der Waals surface area contributed by atoms with Crippen LogP contribution in [0.2, 0.25) is 0 Å². The molecule has 0 N–H and O–H groups in total. The van der Waals surface area contributed by atoms with Crippen molar-refractivity contribution in [1.82, 2.24) is 34.3 Å². The van der Waals surface area contributed by atoms with E-state index in [0.717, 1.165) is 136 Å². The van der Waals surface area contributed by atoms with Gasteiger partial charge in [0, 0.05) is 116 Å². The summed E-state index contributed by atoms with van der Waals surface area (Å²) < 4.78 is 22.6. The van der Waals surface area contributed by atoms with Gasteiger partial charge in [0.15, 0.2) is 0 Å². The van der Waals surface area contributed by atoms with Crippen molar-refractivity contribution in [2.45, 2.75) is 96.3 Å². The summed E-state index contributed by atoms with van der Waals surface area (Å²) in [6, 6.07) is 26.3. The zero-order chi connectivity index (χ0) is 56.6. The van der Waals surface area contributed by atoms with Gasteiger partial charge in [0.1, 0.15) is 12.4 Å². The Bertz CT molecular complexity index is 1680. The molecular weight excluding hydrogens is 1000 g/mol. The Kier molecular flexibility index (Phi) is 49.0. The minimum absolute atomic E-state index is 0.430. The Labute approximate surface area is 475 Å². The number of benzene rings is 1. The number of nitrogens with zero attached hydrogens (tertiary/aromatic N) is 15. The quantitative estimate of drug-likeness (QED) is 0.0551. The molecule has 0 amide bonds. The summed E-state index contributed by atoms with van der Waals surface area (Å²) in [5, 5.41) is 74.2. The lowest BCUT2D eigenvalue weighted by molar-refractivity contribution is 0.0118. The van der Waals surface area contributed by atoms with Gasteiger partial charge in [-0.05, 0) is 141 Å². The molecule has 1 aromatic rings. The number of nitriles is 8. The van der Waals surface area contributed by atoms with Gasteiger partial charge in [0.25, 0.3) is 0 Å². The van der Waals surface area contributed by atoms with E-state index in [1.54, 1.807) is 0 Å². The van der Waals surface area contributed by atoms with Crippen LogP contribution < -0.4 is 4.74 Å². The van der Waals surface area contributed by atoms with E-state index in [9.17, 15) is 42.1 Å². The molecule has 0 aliphatic carbocycles. The molecule has 0 heterocycles. The van der Waals surface area contributed by atoms with Crippen molar-refractivity contribution in [3.63, 3.8) is 0 Å². The summed E-state index contributed by atoms with van der Waals surface area (Å²) in [6.07, 6.45) is 9.93. The van der Waals surface area contributed by atoms with Gasteiger partial charge in [-0.1, -0.05) is 12.1 Å². The summed E-state index contributed by atoms with van der Waals surface area (Å²) in [7, 11) is 0. The topological polar surface area (TPSA) is 250 Å². The molecule has 20 heteroatoms. The Balaban J connectivity index is 3.22. The maximum absolute atomic E-state index is 9.28. The lowest BCUT2D eigenvalue weighted by Crippen LogP contribution is -2.37. The van der Waals surface area contributed by atoms with E-state index in [1.807, 2.05) is 12.1 Å². The SMILES string of the molecule is N#CCCN(CCC#N)CCCN(CCCN(CCC#N)CCC#N)CCCN(CCCN(CCCN(CCC#N)CCC#N)CCCN(CCC#N)CCC#N)CCc1ccc(OCCOCCOCCOCCS)cc1. The van der Waals surface area contributed by atoms with Crippen molar-refractivity contribution in [2.75, 3.05) is 189 Å². The maximum atomic E-state index is 9.28. The number of ether oxygens (including phenoxy) is 4. The van der Waals surface area contributed by atoms with Crippen molar-refractivity contribution >= 4 is 12.6 Å². The highest BCUT2D eigenvalue weighted by molar-refractivity contribution is 7.80. The molecule has 0 saturated carbocycles. The average Bonchev–Trinajstić information content (AvgIpc) is 3.45. The van der Waals surface area contributed by atoms with E-state index in [-0.39, 0.29) is 0 Å². The van der Waals surface area contributed by atoms with Crippen LogP contribution in [0.25, 0.3) is 0 Å². The van der Waals surface area contributed by atoms with Gasteiger partial charge < -0.3 is 53.2 Å². The molecular formula is C58H93N15O4S. The van der Waals surface area contributed by atoms with E-state index in [0.29, 0.717) is 156 Å². The van der Waals surface area contributed by atoms with Gasteiger partial charge in [-0.3, -0.25) is 0 Å². The first-order valence-electron chi connectivity index (χ1n) is 28.5. The van der Waals surface area contributed by atoms with Crippen molar-refractivity contribution < 1.29 is 18.9 Å². The molecule has 0 fully saturated rings. The molecule has 0 spiro atoms. The van der Waals surface area contributed by atoms with Crippen LogP contribution in [0.5, 0.6) is 5.75 Å². The molecule has 0 atom stereocenters. The normalized spacial score (nSPS) is 11.2. The monoisotopic (exact) mass is 1100 g/mol. The Morgan fingerprint density at radius 1 is 0.295 bits per heavy atom. The highest BCUT2D eigenvalue weighted by atomic mass is 32.1. The molecule has 0 aliphatic heterocycles. The number of rotatable bonds is 55. The first-order valence-corrected chi connectivity index (χ1v) is 29.1. The van der Waals surface area contributed by atoms with Gasteiger partial charge in [-0.2, -0.15) is 54.7 Å². The van der Waals surface area contributed by atoms with E-state index < -0.39 is 0 Å². The van der Waals surface area contributed by atoms with Gasteiger partial charge in [0.05, 0.1) is 88.2 Å². The van der Waals surface area contributed by atoms with Gasteiger partial charge in [-0.25, -0.2) is 0 Å². The first-order chi connectivity index (χ1) is 38.4. The predicted octanol–water partition coefficient (Wildman–Crippen LogP) is 6.35. The Morgan fingerprint density at radius 2 is 0.526 bits per heavy atom. The highest BCUT2D eigenvalue weighted by Crippen LogP contribution is 2.14. The molecule has 0 aliphatic rings. The second-order valence-corrected chi connectivity index (χ2v) is 19.5. The van der Waals surface area contributed by atoms with Crippen molar-refractivity contribution in [2.24, 2.45) is 0 Å². The molecule has 19 nitrogen and oxygen atoms in total. The van der Waals surface area contributed by atoms with Crippen molar-refractivity contribution in [3.8, 4) is 54.3 Å². The first kappa shape index (κ1) is 70.9. The maximum Gasteiger partial charge on any atom is 0.119 e. The predicted molar refractivity (Wildman–Crippen MR) is 307 cm³/mol. The second-order valence-electron chi connectivity index (χ2n) is 19.1. The minimum Gasteiger partial charge on any atom is -0.491 e. The van der Waals surface area contributed by atoms with Gasteiger partial charge in [0.2, 0.25) is 0 Å². The van der Waals surface area contributed by atoms with Gasteiger partial charge >= 0.3 is 0 Å². The van der Waals surface area contributed by atoms with E-state index in [1.165, 1.54) is 5.56 Å². The average molecular weight is 1100 g/mol. The smallest absolute Gasteiger partial charge is 0.119 e. The summed E-state index contributed by atoms with van der Waals surface area (Å²) in [6.45, 7) is 20.1. The fraction of sp³-hybridized carbons (Fsp3) is 0.759. The summed E-state index contributed by atoms with van der Waals surface area (Å²) in [5.41, 5.74) is 1.23. The second kappa shape index (κ2) is 53.9. The largest absolute Gasteiger partial charge is 0.491 e. The lowest BCUT2D eigenvalue weighted by Gasteiger charge is -2.29. The van der Waals surface area contributed by atoms with Crippen LogP contribution in [0, 0.1) is 90.6 Å². The van der Waals surface area contributed by atoms with E-state index in [2.05, 4.69) is 108 Å². The van der Waals surface area contributed by atoms with Gasteiger partial charge in [-0.15, -0.1) is 0 Å². The molecule has 1 rings (SSSR count). The third-order valence-electron chi connectivity index (χ3n) is 13.1. The Morgan fingerprint density at radius 3 is 0.782 bits per heavy atom. The van der Waals surface area contributed by atoms with Crippen LogP contribution in [0.15, 0.2) is 24.3 Å². The third kappa shape index (κ3) is 41.9. The summed E-state index contributed by atoms with van der Waals surface area (Å²) >= 11 is 4.13. The molecule has 0 aromatic heterocycles. The van der Waals surface area contributed by atoms with Crippen LogP contribution in [-0.2, 0) is 20.6 Å². The molecule has 0 radical (unpaired) electrons. The molecule has 0 saturated heterocycles. The Hall–Kier alpha value is -5.11. The number of hydrogen-bond acceptors (Lipinski definition) is 20. The molecule has 430 valence electrons. The van der Waals surface area contributed by atoms with Crippen LogP contribution in [0.4, 0.5) is 0 Å². The molecule has 0 bridgehead atoms. The molecule has 78 heavy (non-hydrogen) atoms. The van der Waals surface area contributed by atoms with Crippen LogP contribution in [0.3, 0.4) is 0 Å². The fourth-order valence-corrected chi connectivity index (χ4v) is 9.11. The fourth-order valence-electron chi connectivity index (χ4n) is 8.98. The number of hydrogen-bond donors (Lipinski definition) is 1. The zero-order valence-electron chi connectivity index (χ0n) is 47.2. The van der Waals surface area contributed by atoms with E-state index in [4.69, 9.17) is 18.9 Å². The summed E-state index contributed by atoms with van der Waals surface area (Å²) in [4.78, 5) is 16.5. The molecule has 1 aromatic carbocycles. The van der Waals surface area contributed by atoms with Crippen LogP contribution in [0.1, 0.15) is 95.5 Å². The van der Waals surface area contributed by atoms with Crippen molar-refractivity contribution in [1.29, 1.82) is 42.1 Å². The standard InChI is InChI=1S/C58H93N15O4S/c59-20-1-28-67(29-2-21-60)36-9-40-71(41-10-37-68(30-3-22-61)31-4-23-62)44-13-46-73(48-19-57-15-17-58(18-16-57)77-54-53-75-50-49-74-51-52-76-55-56-78)47-14-45-72(42-11-38-69(32-5-24-63)33-6-25-64)43-12-39-70(34-7-26-65)35-8-27-66/h15-18,78H,1-14,19,28-56H2. The van der Waals surface area contributed by atoms with Crippen LogP contribution in [-0.4, -0.2) is 224 Å². The van der Waals surface area contributed by atoms with Crippen molar-refractivity contribution in [3.05, 3.63) is 29.8 Å². The number of thiol groups is 1. The zero-order valence-corrected chi connectivity index (χ0v) is 48.1. The minimum atomic E-state index is 0.430. The highest BCUT2D eigenvalue weighted by Gasteiger charge is 2.15. The lowest BCUT2D eigenvalue weighted by atomic mass is 10.1.